The third-order valence-electron chi connectivity index (χ3n) is 4.33. The SMILES string of the molecule is Cc1nc2c(s1)CCC[C@H]2NC(=O)c1cc(-c2ccc(F)cc2)n[nH]1. The maximum Gasteiger partial charge on any atom is 0.269 e. The molecule has 2 N–H and O–H groups in total. The van der Waals surface area contributed by atoms with E-state index in [1.165, 1.54) is 17.0 Å². The van der Waals surface area contributed by atoms with Gasteiger partial charge < -0.3 is 5.32 Å². The molecule has 0 spiro atoms. The minimum Gasteiger partial charge on any atom is -0.342 e. The summed E-state index contributed by atoms with van der Waals surface area (Å²) in [6, 6.07) is 7.64. The van der Waals surface area contributed by atoms with Crippen LogP contribution < -0.4 is 5.32 Å². The van der Waals surface area contributed by atoms with Gasteiger partial charge in [-0.2, -0.15) is 5.10 Å². The van der Waals surface area contributed by atoms with Crippen LogP contribution in [-0.4, -0.2) is 21.1 Å². The highest BCUT2D eigenvalue weighted by molar-refractivity contribution is 7.11. The molecule has 0 bridgehead atoms. The Bertz CT molecular complexity index is 916. The second-order valence-electron chi connectivity index (χ2n) is 6.13. The Morgan fingerprint density at radius 1 is 1.36 bits per heavy atom. The first-order chi connectivity index (χ1) is 12.1. The Kier molecular flexibility index (Phi) is 4.09. The van der Waals surface area contributed by atoms with Crippen LogP contribution >= 0.6 is 11.3 Å². The highest BCUT2D eigenvalue weighted by Crippen LogP contribution is 2.33. The number of halogens is 1. The lowest BCUT2D eigenvalue weighted by molar-refractivity contribution is 0.0927. The number of carbonyl (C=O) groups excluding carboxylic acids is 1. The molecule has 25 heavy (non-hydrogen) atoms. The molecule has 2 heterocycles. The molecule has 0 radical (unpaired) electrons. The Hall–Kier alpha value is -2.54. The Labute approximate surface area is 148 Å². The first kappa shape index (κ1) is 16.0. The molecule has 1 amide bonds. The molecule has 1 aliphatic carbocycles. The highest BCUT2D eigenvalue weighted by atomic mass is 32.1. The van der Waals surface area contributed by atoms with Crippen molar-refractivity contribution in [1.82, 2.24) is 20.5 Å². The Morgan fingerprint density at radius 2 is 2.16 bits per heavy atom. The van der Waals surface area contributed by atoms with Crippen molar-refractivity contribution < 1.29 is 9.18 Å². The summed E-state index contributed by atoms with van der Waals surface area (Å²) < 4.78 is 13.0. The van der Waals surface area contributed by atoms with Gasteiger partial charge in [-0.3, -0.25) is 9.89 Å². The van der Waals surface area contributed by atoms with E-state index in [1.54, 1.807) is 29.5 Å². The molecule has 0 fully saturated rings. The number of carbonyl (C=O) groups is 1. The lowest BCUT2D eigenvalue weighted by Gasteiger charge is -2.21. The summed E-state index contributed by atoms with van der Waals surface area (Å²) in [5.74, 6) is -0.506. The van der Waals surface area contributed by atoms with Crippen LogP contribution in [-0.2, 0) is 6.42 Å². The lowest BCUT2D eigenvalue weighted by atomic mass is 9.97. The van der Waals surface area contributed by atoms with Crippen LogP contribution in [0.1, 0.15) is 45.0 Å². The zero-order valence-corrected chi connectivity index (χ0v) is 14.5. The predicted molar refractivity (Wildman–Crippen MR) is 94.0 cm³/mol. The van der Waals surface area contributed by atoms with Gasteiger partial charge in [0.25, 0.3) is 5.91 Å². The van der Waals surface area contributed by atoms with Crippen molar-refractivity contribution >= 4 is 17.2 Å². The third-order valence-corrected chi connectivity index (χ3v) is 5.38. The number of aromatic amines is 1. The quantitative estimate of drug-likeness (QED) is 0.750. The minimum atomic E-state index is -0.302. The largest absolute Gasteiger partial charge is 0.342 e. The Morgan fingerprint density at radius 3 is 2.96 bits per heavy atom. The van der Waals surface area contributed by atoms with Gasteiger partial charge in [0.2, 0.25) is 0 Å². The van der Waals surface area contributed by atoms with E-state index >= 15 is 0 Å². The summed E-state index contributed by atoms with van der Waals surface area (Å²) in [6.45, 7) is 1.99. The van der Waals surface area contributed by atoms with E-state index < -0.39 is 0 Å². The summed E-state index contributed by atoms with van der Waals surface area (Å²) in [6.07, 6.45) is 2.97. The molecule has 1 aliphatic rings. The van der Waals surface area contributed by atoms with Crippen molar-refractivity contribution in [1.29, 1.82) is 0 Å². The number of amides is 1. The molecule has 2 aromatic heterocycles. The topological polar surface area (TPSA) is 70.7 Å². The monoisotopic (exact) mass is 356 g/mol. The fraction of sp³-hybridized carbons (Fsp3) is 0.278. The van der Waals surface area contributed by atoms with Crippen molar-refractivity contribution in [3.63, 3.8) is 0 Å². The second-order valence-corrected chi connectivity index (χ2v) is 7.42. The van der Waals surface area contributed by atoms with E-state index in [0.717, 1.165) is 35.5 Å². The maximum atomic E-state index is 13.0. The number of benzene rings is 1. The first-order valence-electron chi connectivity index (χ1n) is 8.18. The second kappa shape index (κ2) is 6.40. The van der Waals surface area contributed by atoms with Crippen LogP contribution in [0.15, 0.2) is 30.3 Å². The molecule has 5 nitrogen and oxygen atoms in total. The summed E-state index contributed by atoms with van der Waals surface area (Å²) in [5, 5.41) is 11.0. The average Bonchev–Trinajstić information content (AvgIpc) is 3.22. The number of hydrogen-bond donors (Lipinski definition) is 2. The zero-order chi connectivity index (χ0) is 17.4. The van der Waals surface area contributed by atoms with E-state index in [-0.39, 0.29) is 17.8 Å². The van der Waals surface area contributed by atoms with E-state index in [2.05, 4.69) is 20.5 Å². The summed E-state index contributed by atoms with van der Waals surface area (Å²) in [4.78, 5) is 18.4. The van der Waals surface area contributed by atoms with Crippen molar-refractivity contribution in [3.8, 4) is 11.3 Å². The third kappa shape index (κ3) is 3.19. The van der Waals surface area contributed by atoms with E-state index in [4.69, 9.17) is 0 Å². The maximum absolute atomic E-state index is 13.0. The summed E-state index contributed by atoms with van der Waals surface area (Å²) >= 11 is 1.71. The number of aryl methyl sites for hydroxylation is 2. The normalized spacial score (nSPS) is 16.5. The van der Waals surface area contributed by atoms with E-state index in [1.807, 2.05) is 6.92 Å². The van der Waals surface area contributed by atoms with E-state index in [9.17, 15) is 9.18 Å². The molecular weight excluding hydrogens is 339 g/mol. The number of aromatic nitrogens is 3. The standard InChI is InChI=1S/C18H17FN4OS/c1-10-20-17-13(3-2-4-16(17)25-10)21-18(24)15-9-14(22-23-15)11-5-7-12(19)8-6-11/h5-9,13H,2-4H2,1H3,(H,21,24)(H,22,23)/t13-/m1/s1. The van der Waals surface area contributed by atoms with E-state index in [0.29, 0.717) is 11.4 Å². The molecule has 1 atom stereocenters. The van der Waals surface area contributed by atoms with Gasteiger partial charge in [0.1, 0.15) is 11.5 Å². The average molecular weight is 356 g/mol. The minimum absolute atomic E-state index is 0.0567. The number of H-pyrrole nitrogens is 1. The van der Waals surface area contributed by atoms with Crippen molar-refractivity contribution in [2.75, 3.05) is 0 Å². The highest BCUT2D eigenvalue weighted by Gasteiger charge is 2.26. The summed E-state index contributed by atoms with van der Waals surface area (Å²) in [5.41, 5.74) is 2.75. The van der Waals surface area contributed by atoms with Crippen molar-refractivity contribution in [2.24, 2.45) is 0 Å². The van der Waals surface area contributed by atoms with Crippen LogP contribution in [0, 0.1) is 12.7 Å². The molecule has 0 saturated heterocycles. The van der Waals surface area contributed by atoms with Crippen LogP contribution in [0.4, 0.5) is 4.39 Å². The number of nitrogens with one attached hydrogen (secondary N) is 2. The molecule has 0 saturated carbocycles. The van der Waals surface area contributed by atoms with Gasteiger partial charge in [0, 0.05) is 10.4 Å². The van der Waals surface area contributed by atoms with Crippen molar-refractivity contribution in [2.45, 2.75) is 32.2 Å². The molecule has 128 valence electrons. The first-order valence-corrected chi connectivity index (χ1v) is 9.00. The van der Waals surface area contributed by atoms with Gasteiger partial charge in [-0.05, 0) is 56.5 Å². The van der Waals surface area contributed by atoms with Crippen LogP contribution in [0.3, 0.4) is 0 Å². The predicted octanol–water partition coefficient (Wildman–Crippen LogP) is 3.79. The molecular formula is C18H17FN4OS. The molecule has 3 aromatic rings. The number of hydrogen-bond acceptors (Lipinski definition) is 4. The van der Waals surface area contributed by atoms with Gasteiger partial charge in [-0.15, -0.1) is 11.3 Å². The lowest BCUT2D eigenvalue weighted by Crippen LogP contribution is -2.31. The molecule has 1 aromatic carbocycles. The number of nitrogens with zero attached hydrogens (tertiary/aromatic N) is 2. The molecule has 7 heteroatoms. The fourth-order valence-electron chi connectivity index (χ4n) is 3.12. The molecule has 0 unspecified atom stereocenters. The summed E-state index contributed by atoms with van der Waals surface area (Å²) in [7, 11) is 0. The van der Waals surface area contributed by atoms with Gasteiger partial charge in [0.05, 0.1) is 22.4 Å². The van der Waals surface area contributed by atoms with Crippen LogP contribution in [0.5, 0.6) is 0 Å². The van der Waals surface area contributed by atoms with Gasteiger partial charge in [-0.25, -0.2) is 9.37 Å². The molecule has 0 aliphatic heterocycles. The van der Waals surface area contributed by atoms with Gasteiger partial charge in [0.15, 0.2) is 0 Å². The van der Waals surface area contributed by atoms with Crippen LogP contribution in [0.25, 0.3) is 11.3 Å². The smallest absolute Gasteiger partial charge is 0.269 e. The zero-order valence-electron chi connectivity index (χ0n) is 13.7. The number of thiazole rings is 1. The van der Waals surface area contributed by atoms with Crippen LogP contribution in [0.2, 0.25) is 0 Å². The Balaban J connectivity index is 1.52. The number of rotatable bonds is 3. The number of fused-ring (bicyclic) bond motifs is 1. The van der Waals surface area contributed by atoms with Gasteiger partial charge in [-0.1, -0.05) is 0 Å². The fourth-order valence-corrected chi connectivity index (χ4v) is 4.16. The van der Waals surface area contributed by atoms with Gasteiger partial charge >= 0.3 is 0 Å². The molecule has 4 rings (SSSR count). The van der Waals surface area contributed by atoms with Crippen molar-refractivity contribution in [3.05, 3.63) is 57.4 Å².